The van der Waals surface area contributed by atoms with Crippen LogP contribution in [0.1, 0.15) is 35.1 Å². The average molecular weight is 343 g/mol. The molecule has 0 spiro atoms. The molecular weight excluding hydrogens is 317 g/mol. The van der Waals surface area contributed by atoms with Gasteiger partial charge in [-0.15, -0.1) is 0 Å². The Kier molecular flexibility index (Phi) is 5.71. The van der Waals surface area contributed by atoms with Crippen LogP contribution in [-0.2, 0) is 17.8 Å². The average Bonchev–Trinajstić information content (AvgIpc) is 3.05. The Morgan fingerprint density at radius 3 is 2.68 bits per heavy atom. The Hall–Kier alpha value is -1.91. The summed E-state index contributed by atoms with van der Waals surface area (Å²) in [6, 6.07) is 10.6. The molecule has 0 radical (unpaired) electrons. The fourth-order valence-corrected chi connectivity index (χ4v) is 3.38. The van der Waals surface area contributed by atoms with Crippen LogP contribution in [0, 0.1) is 19.7 Å². The summed E-state index contributed by atoms with van der Waals surface area (Å²) in [6.07, 6.45) is 2.36. The zero-order valence-electron chi connectivity index (χ0n) is 15.0. The van der Waals surface area contributed by atoms with Crippen molar-refractivity contribution in [2.24, 2.45) is 0 Å². The zero-order valence-corrected chi connectivity index (χ0v) is 15.0. The molecular formula is C21H26FNO2. The van der Waals surface area contributed by atoms with Crippen LogP contribution in [0.3, 0.4) is 0 Å². The molecule has 2 aromatic rings. The quantitative estimate of drug-likeness (QED) is 0.847. The molecule has 3 rings (SSSR count). The highest BCUT2D eigenvalue weighted by Gasteiger charge is 2.20. The highest BCUT2D eigenvalue weighted by Crippen LogP contribution is 2.25. The van der Waals surface area contributed by atoms with Crippen molar-refractivity contribution in [3.8, 4) is 5.75 Å². The van der Waals surface area contributed by atoms with E-state index in [1.807, 2.05) is 25.1 Å². The molecule has 1 unspecified atom stereocenters. The molecule has 0 saturated carbocycles. The number of hydrogen-bond donors (Lipinski definition) is 1. The van der Waals surface area contributed by atoms with Crippen LogP contribution in [0.2, 0.25) is 0 Å². The van der Waals surface area contributed by atoms with Gasteiger partial charge in [0.05, 0.1) is 6.10 Å². The van der Waals surface area contributed by atoms with Crippen LogP contribution in [0.5, 0.6) is 5.75 Å². The predicted molar refractivity (Wildman–Crippen MR) is 97.1 cm³/mol. The van der Waals surface area contributed by atoms with Crippen molar-refractivity contribution in [3.63, 3.8) is 0 Å². The van der Waals surface area contributed by atoms with Gasteiger partial charge in [0.15, 0.2) is 0 Å². The Labute approximate surface area is 149 Å². The molecule has 3 nitrogen and oxygen atoms in total. The first-order valence-corrected chi connectivity index (χ1v) is 8.89. The SMILES string of the molecule is Cc1cc(O)c(CN(Cc2cccc(F)c2)CC2CCCO2)cc1C. The smallest absolute Gasteiger partial charge is 0.123 e. The molecule has 0 aliphatic carbocycles. The second-order valence-electron chi connectivity index (χ2n) is 7.00. The van der Waals surface area contributed by atoms with Crippen LogP contribution in [0.25, 0.3) is 0 Å². The zero-order chi connectivity index (χ0) is 17.8. The van der Waals surface area contributed by atoms with Gasteiger partial charge in [-0.2, -0.15) is 0 Å². The largest absolute Gasteiger partial charge is 0.508 e. The number of phenols is 1. The summed E-state index contributed by atoms with van der Waals surface area (Å²) >= 11 is 0. The van der Waals surface area contributed by atoms with Gasteiger partial charge in [0.2, 0.25) is 0 Å². The van der Waals surface area contributed by atoms with E-state index in [2.05, 4.69) is 11.8 Å². The van der Waals surface area contributed by atoms with Crippen molar-refractivity contribution >= 4 is 0 Å². The Bertz CT molecular complexity index is 726. The first-order valence-electron chi connectivity index (χ1n) is 8.89. The van der Waals surface area contributed by atoms with E-state index in [1.54, 1.807) is 12.1 Å². The van der Waals surface area contributed by atoms with Gasteiger partial charge >= 0.3 is 0 Å². The van der Waals surface area contributed by atoms with Crippen LogP contribution in [0.4, 0.5) is 4.39 Å². The molecule has 1 fully saturated rings. The third-order valence-electron chi connectivity index (χ3n) is 4.87. The number of rotatable bonds is 6. The summed E-state index contributed by atoms with van der Waals surface area (Å²) in [5.74, 6) is 0.100. The van der Waals surface area contributed by atoms with Gasteiger partial charge in [-0.05, 0) is 61.6 Å². The van der Waals surface area contributed by atoms with Crippen LogP contribution in [0.15, 0.2) is 36.4 Å². The van der Waals surface area contributed by atoms with E-state index in [1.165, 1.54) is 6.07 Å². The number of aromatic hydroxyl groups is 1. The van der Waals surface area contributed by atoms with Gasteiger partial charge in [0.25, 0.3) is 0 Å². The molecule has 1 aliphatic rings. The molecule has 1 atom stereocenters. The highest BCUT2D eigenvalue weighted by molar-refractivity contribution is 5.40. The first-order chi connectivity index (χ1) is 12.0. The summed E-state index contributed by atoms with van der Waals surface area (Å²) in [6.45, 7) is 6.88. The first kappa shape index (κ1) is 17.9. The van der Waals surface area contributed by atoms with E-state index in [0.29, 0.717) is 18.8 Å². The van der Waals surface area contributed by atoms with Crippen molar-refractivity contribution in [2.45, 2.75) is 45.9 Å². The number of ether oxygens (including phenoxy) is 1. The van der Waals surface area contributed by atoms with Crippen molar-refractivity contribution in [1.82, 2.24) is 4.90 Å². The van der Waals surface area contributed by atoms with Crippen molar-refractivity contribution < 1.29 is 14.2 Å². The van der Waals surface area contributed by atoms with E-state index < -0.39 is 0 Å². The Balaban J connectivity index is 1.79. The van der Waals surface area contributed by atoms with Crippen molar-refractivity contribution in [2.75, 3.05) is 13.2 Å². The summed E-state index contributed by atoms with van der Waals surface area (Å²) in [4.78, 5) is 2.23. The molecule has 0 aromatic heterocycles. The fraction of sp³-hybridized carbons (Fsp3) is 0.429. The third kappa shape index (κ3) is 4.80. The van der Waals surface area contributed by atoms with Gasteiger partial charge in [-0.3, -0.25) is 4.90 Å². The van der Waals surface area contributed by atoms with E-state index in [0.717, 1.165) is 48.2 Å². The molecule has 0 amide bonds. The lowest BCUT2D eigenvalue weighted by Crippen LogP contribution is -2.31. The third-order valence-corrected chi connectivity index (χ3v) is 4.87. The van der Waals surface area contributed by atoms with Gasteiger partial charge in [0, 0.05) is 31.8 Å². The standard InChI is InChI=1S/C21H26FNO2/c1-15-9-18(21(24)10-16(15)2)13-23(14-20-7-4-8-25-20)12-17-5-3-6-19(22)11-17/h3,5-6,9-11,20,24H,4,7-8,12-14H2,1-2H3. The van der Waals surface area contributed by atoms with E-state index >= 15 is 0 Å². The van der Waals surface area contributed by atoms with E-state index in [4.69, 9.17) is 4.74 Å². The van der Waals surface area contributed by atoms with Crippen LogP contribution < -0.4 is 0 Å². The number of phenolic OH excluding ortho intramolecular Hbond substituents is 1. The molecule has 1 N–H and O–H groups in total. The fourth-order valence-electron chi connectivity index (χ4n) is 3.38. The van der Waals surface area contributed by atoms with E-state index in [-0.39, 0.29) is 11.9 Å². The van der Waals surface area contributed by atoms with Gasteiger partial charge in [-0.25, -0.2) is 4.39 Å². The topological polar surface area (TPSA) is 32.7 Å². The van der Waals surface area contributed by atoms with E-state index in [9.17, 15) is 9.50 Å². The van der Waals surface area contributed by atoms with Crippen LogP contribution in [-0.4, -0.2) is 29.3 Å². The lowest BCUT2D eigenvalue weighted by molar-refractivity contribution is 0.0676. The molecule has 0 bridgehead atoms. The molecule has 1 heterocycles. The van der Waals surface area contributed by atoms with Crippen molar-refractivity contribution in [1.29, 1.82) is 0 Å². The maximum atomic E-state index is 13.5. The van der Waals surface area contributed by atoms with Gasteiger partial charge < -0.3 is 9.84 Å². The second-order valence-corrected chi connectivity index (χ2v) is 7.00. The number of benzene rings is 2. The number of aryl methyl sites for hydroxylation is 2. The summed E-state index contributed by atoms with van der Waals surface area (Å²) in [7, 11) is 0. The Morgan fingerprint density at radius 1 is 1.16 bits per heavy atom. The molecule has 1 aliphatic heterocycles. The molecule has 134 valence electrons. The number of nitrogens with zero attached hydrogens (tertiary/aromatic N) is 1. The molecule has 1 saturated heterocycles. The maximum absolute atomic E-state index is 13.5. The summed E-state index contributed by atoms with van der Waals surface area (Å²) in [5, 5.41) is 10.3. The minimum absolute atomic E-state index is 0.210. The van der Waals surface area contributed by atoms with Gasteiger partial charge in [-0.1, -0.05) is 18.2 Å². The number of hydrogen-bond acceptors (Lipinski definition) is 3. The normalized spacial score (nSPS) is 17.4. The molecule has 25 heavy (non-hydrogen) atoms. The van der Waals surface area contributed by atoms with Crippen molar-refractivity contribution in [3.05, 3.63) is 64.5 Å². The maximum Gasteiger partial charge on any atom is 0.123 e. The number of halogens is 1. The lowest BCUT2D eigenvalue weighted by Gasteiger charge is -2.26. The molecule has 4 heteroatoms. The predicted octanol–water partition coefficient (Wildman–Crippen LogP) is 4.33. The minimum atomic E-state index is -0.219. The Morgan fingerprint density at radius 2 is 1.96 bits per heavy atom. The monoisotopic (exact) mass is 343 g/mol. The highest BCUT2D eigenvalue weighted by atomic mass is 19.1. The second kappa shape index (κ2) is 7.98. The minimum Gasteiger partial charge on any atom is -0.508 e. The molecule has 2 aromatic carbocycles. The van der Waals surface area contributed by atoms with Gasteiger partial charge in [0.1, 0.15) is 11.6 Å². The summed E-state index contributed by atoms with van der Waals surface area (Å²) in [5.41, 5.74) is 4.08. The summed E-state index contributed by atoms with van der Waals surface area (Å²) < 4.78 is 19.3. The lowest BCUT2D eigenvalue weighted by atomic mass is 10.0. The van der Waals surface area contributed by atoms with Crippen LogP contribution >= 0.6 is 0 Å².